The number of aromatic nitrogens is 1. The Morgan fingerprint density at radius 3 is 2.67 bits per heavy atom. The number of amides is 1. The van der Waals surface area contributed by atoms with Gasteiger partial charge >= 0.3 is 6.18 Å². The summed E-state index contributed by atoms with van der Waals surface area (Å²) >= 11 is 1.57. The summed E-state index contributed by atoms with van der Waals surface area (Å²) in [6, 6.07) is 12.0. The molecule has 2 N–H and O–H groups in total. The van der Waals surface area contributed by atoms with E-state index in [9.17, 15) is 18.0 Å². The van der Waals surface area contributed by atoms with Gasteiger partial charge in [-0.05, 0) is 37.3 Å². The molecular formula is C19H19F3N3OS+. The number of thiazole rings is 1. The van der Waals surface area contributed by atoms with Crippen molar-refractivity contribution in [1.29, 1.82) is 0 Å². The van der Waals surface area contributed by atoms with Crippen LogP contribution in [0.2, 0.25) is 0 Å². The third-order valence-electron chi connectivity index (χ3n) is 4.36. The van der Waals surface area contributed by atoms with Crippen LogP contribution in [0.3, 0.4) is 0 Å². The highest BCUT2D eigenvalue weighted by Gasteiger charge is 2.31. The third kappa shape index (κ3) is 4.64. The van der Waals surface area contributed by atoms with Gasteiger partial charge in [-0.25, -0.2) is 4.98 Å². The van der Waals surface area contributed by atoms with Crippen LogP contribution >= 0.6 is 11.3 Å². The van der Waals surface area contributed by atoms with Crippen molar-refractivity contribution < 1.29 is 22.9 Å². The average Bonchev–Trinajstić information content (AvgIpc) is 3.02. The highest BCUT2D eigenvalue weighted by atomic mass is 32.1. The summed E-state index contributed by atoms with van der Waals surface area (Å²) in [7, 11) is 1.86. The predicted molar refractivity (Wildman–Crippen MR) is 99.7 cm³/mol. The van der Waals surface area contributed by atoms with Crippen molar-refractivity contribution in [1.82, 2.24) is 4.98 Å². The van der Waals surface area contributed by atoms with Crippen LogP contribution in [0.4, 0.5) is 18.9 Å². The Labute approximate surface area is 158 Å². The molecule has 2 aromatic carbocycles. The van der Waals surface area contributed by atoms with Gasteiger partial charge in [-0.1, -0.05) is 18.2 Å². The first-order valence-electron chi connectivity index (χ1n) is 8.39. The van der Waals surface area contributed by atoms with E-state index in [1.807, 2.05) is 31.3 Å². The van der Waals surface area contributed by atoms with Crippen LogP contribution in [0.25, 0.3) is 10.2 Å². The zero-order valence-electron chi connectivity index (χ0n) is 14.8. The summed E-state index contributed by atoms with van der Waals surface area (Å²) in [4.78, 5) is 17.9. The first-order valence-corrected chi connectivity index (χ1v) is 9.20. The maximum Gasteiger partial charge on any atom is 0.416 e. The van der Waals surface area contributed by atoms with Gasteiger partial charge in [0.1, 0.15) is 11.6 Å². The molecule has 0 saturated carbocycles. The number of nitrogens with zero attached hydrogens (tertiary/aromatic N) is 1. The second-order valence-corrected chi connectivity index (χ2v) is 7.50. The topological polar surface area (TPSA) is 46.4 Å². The van der Waals surface area contributed by atoms with E-state index in [1.165, 1.54) is 12.1 Å². The number of hydrogen-bond donors (Lipinski definition) is 2. The van der Waals surface area contributed by atoms with Gasteiger partial charge in [0.15, 0.2) is 6.04 Å². The Morgan fingerprint density at radius 1 is 1.22 bits per heavy atom. The molecule has 4 nitrogen and oxygen atoms in total. The van der Waals surface area contributed by atoms with E-state index in [2.05, 4.69) is 10.3 Å². The average molecular weight is 394 g/mol. The van der Waals surface area contributed by atoms with Gasteiger partial charge < -0.3 is 10.2 Å². The molecule has 0 spiro atoms. The van der Waals surface area contributed by atoms with E-state index < -0.39 is 17.8 Å². The van der Waals surface area contributed by atoms with Crippen molar-refractivity contribution in [2.75, 3.05) is 12.4 Å². The number of benzene rings is 2. The Kier molecular flexibility index (Phi) is 5.48. The lowest BCUT2D eigenvalue weighted by Gasteiger charge is -2.20. The quantitative estimate of drug-likeness (QED) is 0.697. The zero-order chi connectivity index (χ0) is 19.6. The molecule has 1 amide bonds. The smallest absolute Gasteiger partial charge is 0.322 e. The Hall–Kier alpha value is -2.45. The number of alkyl halides is 3. The molecule has 0 fully saturated rings. The molecule has 3 rings (SSSR count). The van der Waals surface area contributed by atoms with Crippen molar-refractivity contribution in [3.8, 4) is 0 Å². The molecule has 8 heteroatoms. The summed E-state index contributed by atoms with van der Waals surface area (Å²) in [6.07, 6.45) is -4.44. The van der Waals surface area contributed by atoms with Gasteiger partial charge in [0, 0.05) is 5.69 Å². The SMILES string of the molecule is C[C@H](C(=O)Nc1cccc(C(F)(F)F)c1)[NH+](C)Cc1nc2ccccc2s1. The summed E-state index contributed by atoms with van der Waals surface area (Å²) in [5.74, 6) is -0.340. The fraction of sp³-hybridized carbons (Fsp3) is 0.263. The van der Waals surface area contributed by atoms with E-state index in [1.54, 1.807) is 18.3 Å². The van der Waals surface area contributed by atoms with Crippen LogP contribution in [0, 0.1) is 0 Å². The third-order valence-corrected chi connectivity index (χ3v) is 5.39. The number of nitrogens with one attached hydrogen (secondary N) is 2. The molecule has 1 unspecified atom stereocenters. The maximum absolute atomic E-state index is 12.8. The molecule has 3 aromatic rings. The van der Waals surface area contributed by atoms with Crippen LogP contribution in [-0.4, -0.2) is 24.0 Å². The van der Waals surface area contributed by atoms with Crippen LogP contribution in [0.5, 0.6) is 0 Å². The second kappa shape index (κ2) is 7.66. The highest BCUT2D eigenvalue weighted by molar-refractivity contribution is 7.18. The number of halogens is 3. The van der Waals surface area contributed by atoms with Gasteiger partial charge in [0.2, 0.25) is 0 Å². The van der Waals surface area contributed by atoms with Crippen molar-refractivity contribution >= 4 is 33.1 Å². The molecule has 1 aromatic heterocycles. The molecule has 27 heavy (non-hydrogen) atoms. The number of anilines is 1. The number of hydrogen-bond acceptors (Lipinski definition) is 3. The van der Waals surface area contributed by atoms with Crippen LogP contribution in [-0.2, 0) is 17.5 Å². The molecule has 1 heterocycles. The Balaban J connectivity index is 1.66. The highest BCUT2D eigenvalue weighted by Crippen LogP contribution is 2.30. The Bertz CT molecular complexity index is 922. The lowest BCUT2D eigenvalue weighted by molar-refractivity contribution is -0.907. The second-order valence-electron chi connectivity index (χ2n) is 6.39. The number of carbonyl (C=O) groups is 1. The molecule has 2 atom stereocenters. The van der Waals surface area contributed by atoms with Crippen LogP contribution in [0.15, 0.2) is 48.5 Å². The lowest BCUT2D eigenvalue weighted by atomic mass is 10.2. The number of rotatable bonds is 5. The number of carbonyl (C=O) groups excluding carboxylic acids is 1. The van der Waals surface area contributed by atoms with Gasteiger partial charge in [-0.2, -0.15) is 13.2 Å². The summed E-state index contributed by atoms with van der Waals surface area (Å²) in [6.45, 7) is 2.29. The summed E-state index contributed by atoms with van der Waals surface area (Å²) < 4.78 is 39.5. The fourth-order valence-corrected chi connectivity index (χ4v) is 3.70. The number of para-hydroxylation sites is 1. The summed E-state index contributed by atoms with van der Waals surface area (Å²) in [5.41, 5.74) is 0.268. The predicted octanol–water partition coefficient (Wildman–Crippen LogP) is 3.36. The van der Waals surface area contributed by atoms with Gasteiger partial charge in [0.25, 0.3) is 5.91 Å². The van der Waals surface area contributed by atoms with E-state index in [0.717, 1.165) is 32.3 Å². The minimum atomic E-state index is -4.44. The first kappa shape index (κ1) is 19.3. The fourth-order valence-electron chi connectivity index (χ4n) is 2.63. The van der Waals surface area contributed by atoms with E-state index in [-0.39, 0.29) is 11.6 Å². The van der Waals surface area contributed by atoms with E-state index in [4.69, 9.17) is 0 Å². The van der Waals surface area contributed by atoms with Gasteiger partial charge in [-0.3, -0.25) is 4.79 Å². The molecule has 0 bridgehead atoms. The van der Waals surface area contributed by atoms with Gasteiger partial charge in [0.05, 0.1) is 22.8 Å². The number of fused-ring (bicyclic) bond motifs is 1. The first-order chi connectivity index (χ1) is 12.7. The van der Waals surface area contributed by atoms with Crippen molar-refractivity contribution in [2.24, 2.45) is 0 Å². The lowest BCUT2D eigenvalue weighted by Crippen LogP contribution is -3.12. The monoisotopic (exact) mass is 394 g/mol. The number of quaternary nitrogens is 1. The number of likely N-dealkylation sites (N-methyl/N-ethyl adjacent to an activating group) is 1. The van der Waals surface area contributed by atoms with Crippen molar-refractivity contribution in [3.05, 3.63) is 59.1 Å². The van der Waals surface area contributed by atoms with Crippen LogP contribution < -0.4 is 10.2 Å². The normalized spacial score (nSPS) is 14.1. The molecule has 0 aliphatic heterocycles. The molecule has 142 valence electrons. The molecule has 0 saturated heterocycles. The van der Waals surface area contributed by atoms with Crippen LogP contribution in [0.1, 0.15) is 17.5 Å². The van der Waals surface area contributed by atoms with E-state index >= 15 is 0 Å². The maximum atomic E-state index is 12.8. The zero-order valence-corrected chi connectivity index (χ0v) is 15.6. The van der Waals surface area contributed by atoms with Crippen molar-refractivity contribution in [2.45, 2.75) is 25.7 Å². The molecule has 0 aliphatic rings. The van der Waals surface area contributed by atoms with Gasteiger partial charge in [-0.15, -0.1) is 11.3 Å². The minimum Gasteiger partial charge on any atom is -0.322 e. The van der Waals surface area contributed by atoms with E-state index in [0.29, 0.717) is 6.54 Å². The molecular weight excluding hydrogens is 375 g/mol. The molecule has 0 aliphatic carbocycles. The molecule has 0 radical (unpaired) electrons. The van der Waals surface area contributed by atoms with Crippen molar-refractivity contribution in [3.63, 3.8) is 0 Å². The standard InChI is InChI=1S/C19H18F3N3OS/c1-12(18(26)23-14-7-5-6-13(10-14)19(20,21)22)25(2)11-17-24-15-8-3-4-9-16(15)27-17/h3-10,12H,11H2,1-2H3,(H,23,26)/p+1/t12-/m1/s1. The largest absolute Gasteiger partial charge is 0.416 e. The Morgan fingerprint density at radius 2 is 1.96 bits per heavy atom. The minimum absolute atomic E-state index is 0.134. The summed E-state index contributed by atoms with van der Waals surface area (Å²) in [5, 5.41) is 3.48.